The number of hydrogen-bond donors (Lipinski definition) is 2. The van der Waals surface area contributed by atoms with Gasteiger partial charge >= 0.3 is 0 Å². The van der Waals surface area contributed by atoms with E-state index in [0.29, 0.717) is 18.7 Å². The van der Waals surface area contributed by atoms with Gasteiger partial charge in [0.1, 0.15) is 0 Å². The van der Waals surface area contributed by atoms with E-state index >= 15 is 0 Å². The predicted molar refractivity (Wildman–Crippen MR) is 67.2 cm³/mol. The van der Waals surface area contributed by atoms with Crippen LogP contribution in [0.2, 0.25) is 0 Å². The average molecular weight is 294 g/mol. The monoisotopic (exact) mass is 293 g/mol. The largest absolute Gasteiger partial charge is 0.356 e. The van der Waals surface area contributed by atoms with Crippen LogP contribution in [0.3, 0.4) is 0 Å². The highest BCUT2D eigenvalue weighted by atomic mass is 79.9. The number of carbonyl (C=O) groups excluding carboxylic acids is 1. The molecule has 78 valence electrons. The topological polar surface area (TPSA) is 29.1 Å². The molecule has 0 aliphatic carbocycles. The van der Waals surface area contributed by atoms with Crippen molar-refractivity contribution >= 4 is 45.8 Å². The van der Waals surface area contributed by atoms with Gasteiger partial charge in [0, 0.05) is 17.8 Å². The fourth-order valence-electron chi connectivity index (χ4n) is 1.00. The predicted octanol–water partition coefficient (Wildman–Crippen LogP) is 2.49. The second-order valence-electron chi connectivity index (χ2n) is 2.78. The molecule has 0 atom stereocenters. The number of thiophene rings is 1. The van der Waals surface area contributed by atoms with Crippen LogP contribution >= 0.6 is 39.9 Å². The summed E-state index contributed by atoms with van der Waals surface area (Å²) < 4.78 is 1.13. The van der Waals surface area contributed by atoms with Crippen molar-refractivity contribution in [2.24, 2.45) is 0 Å². The molecular weight excluding hydrogens is 282 g/mol. The Balaban J connectivity index is 2.18. The summed E-state index contributed by atoms with van der Waals surface area (Å²) in [6, 6.07) is 4.09. The van der Waals surface area contributed by atoms with Crippen LogP contribution in [0, 0.1) is 0 Å². The number of carbonyl (C=O) groups is 1. The van der Waals surface area contributed by atoms with E-state index in [2.05, 4.69) is 39.9 Å². The van der Waals surface area contributed by atoms with Gasteiger partial charge in [-0.2, -0.15) is 12.6 Å². The Morgan fingerprint density at radius 1 is 1.57 bits per heavy atom. The lowest BCUT2D eigenvalue weighted by Gasteiger charge is -2.01. The van der Waals surface area contributed by atoms with E-state index in [1.807, 2.05) is 6.07 Å². The van der Waals surface area contributed by atoms with Gasteiger partial charge in [-0.05, 0) is 40.2 Å². The van der Waals surface area contributed by atoms with Crippen LogP contribution in [-0.2, 0) is 11.2 Å². The molecule has 0 bridgehead atoms. The molecule has 1 N–H and O–H groups in total. The number of rotatable bonds is 5. The Morgan fingerprint density at radius 3 is 2.93 bits per heavy atom. The van der Waals surface area contributed by atoms with Gasteiger partial charge in [0.05, 0.1) is 3.79 Å². The highest BCUT2D eigenvalue weighted by Gasteiger charge is 2.00. The van der Waals surface area contributed by atoms with Gasteiger partial charge in [-0.25, -0.2) is 0 Å². The van der Waals surface area contributed by atoms with E-state index in [1.54, 1.807) is 11.3 Å². The molecule has 0 saturated heterocycles. The van der Waals surface area contributed by atoms with E-state index in [1.165, 1.54) is 4.88 Å². The number of nitrogens with one attached hydrogen (secondary N) is 1. The molecular formula is C9H12BrNOS2. The van der Waals surface area contributed by atoms with Gasteiger partial charge < -0.3 is 5.32 Å². The van der Waals surface area contributed by atoms with Crippen molar-refractivity contribution in [2.45, 2.75) is 12.8 Å². The molecule has 0 aliphatic rings. The van der Waals surface area contributed by atoms with Gasteiger partial charge in [0.2, 0.25) is 5.91 Å². The van der Waals surface area contributed by atoms with Crippen molar-refractivity contribution in [3.05, 3.63) is 20.8 Å². The van der Waals surface area contributed by atoms with E-state index in [4.69, 9.17) is 0 Å². The molecule has 0 fully saturated rings. The maximum Gasteiger partial charge on any atom is 0.220 e. The fraction of sp³-hybridized carbons (Fsp3) is 0.444. The van der Waals surface area contributed by atoms with Crippen LogP contribution in [0.4, 0.5) is 0 Å². The molecule has 0 radical (unpaired) electrons. The molecule has 1 aromatic rings. The number of halogens is 1. The van der Waals surface area contributed by atoms with E-state index in [0.717, 1.165) is 10.2 Å². The number of amides is 1. The first-order valence-electron chi connectivity index (χ1n) is 4.34. The van der Waals surface area contributed by atoms with E-state index in [-0.39, 0.29) is 5.91 Å². The molecule has 1 rings (SSSR count). The lowest BCUT2D eigenvalue weighted by molar-refractivity contribution is -0.120. The van der Waals surface area contributed by atoms with Crippen molar-refractivity contribution in [1.29, 1.82) is 0 Å². The smallest absolute Gasteiger partial charge is 0.220 e. The summed E-state index contributed by atoms with van der Waals surface area (Å²) in [7, 11) is 0. The molecule has 0 spiro atoms. The Hall–Kier alpha value is -0.0000000000000000833. The zero-order valence-corrected chi connectivity index (χ0v) is 10.9. The first-order valence-corrected chi connectivity index (χ1v) is 6.58. The molecule has 0 saturated carbocycles. The minimum Gasteiger partial charge on any atom is -0.356 e. The van der Waals surface area contributed by atoms with Crippen molar-refractivity contribution in [3.63, 3.8) is 0 Å². The lowest BCUT2D eigenvalue weighted by atomic mass is 10.3. The summed E-state index contributed by atoms with van der Waals surface area (Å²) in [5, 5.41) is 2.84. The van der Waals surface area contributed by atoms with Crippen LogP contribution < -0.4 is 5.32 Å². The fourth-order valence-corrected chi connectivity index (χ4v) is 2.69. The van der Waals surface area contributed by atoms with Crippen molar-refractivity contribution in [1.82, 2.24) is 5.32 Å². The number of hydrogen-bond acceptors (Lipinski definition) is 3. The minimum atomic E-state index is 0.0793. The molecule has 2 nitrogen and oxygen atoms in total. The Bertz CT molecular complexity index is 301. The number of thiol groups is 1. The summed E-state index contributed by atoms with van der Waals surface area (Å²) in [6.07, 6.45) is 1.39. The second kappa shape index (κ2) is 6.48. The maximum absolute atomic E-state index is 11.1. The molecule has 14 heavy (non-hydrogen) atoms. The van der Waals surface area contributed by atoms with Crippen molar-refractivity contribution in [3.8, 4) is 0 Å². The molecule has 1 amide bonds. The maximum atomic E-state index is 11.1. The van der Waals surface area contributed by atoms with Crippen LogP contribution in [-0.4, -0.2) is 18.2 Å². The van der Waals surface area contributed by atoms with Gasteiger partial charge in [-0.3, -0.25) is 4.79 Å². The van der Waals surface area contributed by atoms with Gasteiger partial charge in [0.25, 0.3) is 0 Å². The minimum absolute atomic E-state index is 0.0793. The van der Waals surface area contributed by atoms with Crippen LogP contribution in [0.15, 0.2) is 15.9 Å². The normalized spacial score (nSPS) is 10.1. The van der Waals surface area contributed by atoms with E-state index < -0.39 is 0 Å². The quantitative estimate of drug-likeness (QED) is 0.803. The van der Waals surface area contributed by atoms with Crippen molar-refractivity contribution < 1.29 is 4.79 Å². The van der Waals surface area contributed by atoms with Gasteiger partial charge in [-0.15, -0.1) is 11.3 Å². The van der Waals surface area contributed by atoms with Crippen LogP contribution in [0.1, 0.15) is 11.3 Å². The van der Waals surface area contributed by atoms with Gasteiger partial charge in [-0.1, -0.05) is 0 Å². The lowest BCUT2D eigenvalue weighted by Crippen LogP contribution is -2.25. The van der Waals surface area contributed by atoms with Crippen LogP contribution in [0.25, 0.3) is 0 Å². The molecule has 0 unspecified atom stereocenters. The molecule has 0 aliphatic heterocycles. The molecule has 1 heterocycles. The third kappa shape index (κ3) is 4.48. The summed E-state index contributed by atoms with van der Waals surface area (Å²) in [5.74, 6) is 0.687. The SMILES string of the molecule is O=C(CCS)NCCc1ccc(Br)s1. The summed E-state index contributed by atoms with van der Waals surface area (Å²) in [4.78, 5) is 12.4. The Morgan fingerprint density at radius 2 is 2.36 bits per heavy atom. The zero-order chi connectivity index (χ0) is 10.4. The summed E-state index contributed by atoms with van der Waals surface area (Å²) >= 11 is 9.09. The van der Waals surface area contributed by atoms with Gasteiger partial charge in [0.15, 0.2) is 0 Å². The molecule has 5 heteroatoms. The Labute approximate surface area is 102 Å². The highest BCUT2D eigenvalue weighted by Crippen LogP contribution is 2.21. The first kappa shape index (κ1) is 12.1. The molecule has 0 aromatic carbocycles. The molecule has 1 aromatic heterocycles. The summed E-state index contributed by atoms with van der Waals surface area (Å²) in [5.41, 5.74) is 0. The second-order valence-corrected chi connectivity index (χ2v) is 5.77. The first-order chi connectivity index (χ1) is 6.72. The standard InChI is InChI=1S/C9H12BrNOS2/c10-8-2-1-7(14-8)3-5-11-9(12)4-6-13/h1-2,13H,3-6H2,(H,11,12). The third-order valence-electron chi connectivity index (χ3n) is 1.66. The average Bonchev–Trinajstić information content (AvgIpc) is 2.52. The highest BCUT2D eigenvalue weighted by molar-refractivity contribution is 9.11. The van der Waals surface area contributed by atoms with Crippen LogP contribution in [0.5, 0.6) is 0 Å². The Kier molecular flexibility index (Phi) is 5.59. The van der Waals surface area contributed by atoms with Crippen molar-refractivity contribution in [2.75, 3.05) is 12.3 Å². The third-order valence-corrected chi connectivity index (χ3v) is 3.57. The van der Waals surface area contributed by atoms with E-state index in [9.17, 15) is 4.79 Å². The summed E-state index contributed by atoms with van der Waals surface area (Å²) in [6.45, 7) is 0.708. The zero-order valence-electron chi connectivity index (χ0n) is 7.62.